The summed E-state index contributed by atoms with van der Waals surface area (Å²) in [6.45, 7) is 6.45. The second-order valence-corrected chi connectivity index (χ2v) is 4.22. The average molecular weight is 245 g/mol. The summed E-state index contributed by atoms with van der Waals surface area (Å²) in [4.78, 5) is 13.4. The third kappa shape index (κ3) is 4.61. The van der Waals surface area contributed by atoms with Crippen LogP contribution in [0.25, 0.3) is 0 Å². The lowest BCUT2D eigenvalue weighted by atomic mass is 10.1. The summed E-state index contributed by atoms with van der Waals surface area (Å²) in [5.74, 6) is 0.218. The van der Waals surface area contributed by atoms with Gasteiger partial charge >= 0.3 is 0 Å². The number of hydrogen-bond donors (Lipinski definition) is 1. The molecule has 1 unspecified atom stereocenters. The number of hydrogen-bond acceptors (Lipinski definition) is 4. The van der Waals surface area contributed by atoms with E-state index >= 15 is 0 Å². The van der Waals surface area contributed by atoms with E-state index in [0.717, 1.165) is 0 Å². The maximum Gasteiger partial charge on any atom is 0.223 e. The van der Waals surface area contributed by atoms with Crippen molar-refractivity contribution in [2.75, 3.05) is 32.9 Å². The number of amides is 1. The molecule has 0 aromatic rings. The van der Waals surface area contributed by atoms with Crippen LogP contribution in [-0.4, -0.2) is 55.1 Å². The molecular formula is C12H23NO4. The van der Waals surface area contributed by atoms with E-state index in [9.17, 15) is 4.79 Å². The highest BCUT2D eigenvalue weighted by molar-refractivity contribution is 5.78. The molecule has 1 atom stereocenters. The molecule has 1 N–H and O–H groups in total. The topological polar surface area (TPSA) is 59.0 Å². The van der Waals surface area contributed by atoms with Crippen molar-refractivity contribution in [1.29, 1.82) is 0 Å². The van der Waals surface area contributed by atoms with Gasteiger partial charge in [0.15, 0.2) is 6.29 Å². The maximum atomic E-state index is 11.6. The minimum Gasteiger partial charge on any atom is -0.396 e. The van der Waals surface area contributed by atoms with Crippen molar-refractivity contribution in [3.63, 3.8) is 0 Å². The Hall–Kier alpha value is -0.650. The number of aliphatic hydroxyl groups excluding tert-OH is 1. The van der Waals surface area contributed by atoms with Gasteiger partial charge in [0, 0.05) is 51.7 Å². The predicted molar refractivity (Wildman–Crippen MR) is 63.4 cm³/mol. The highest BCUT2D eigenvalue weighted by Crippen LogP contribution is 2.18. The molecule has 1 aliphatic heterocycles. The number of rotatable bonds is 8. The van der Waals surface area contributed by atoms with Crippen molar-refractivity contribution < 1.29 is 19.4 Å². The smallest absolute Gasteiger partial charge is 0.223 e. The molecule has 0 spiro atoms. The summed E-state index contributed by atoms with van der Waals surface area (Å²) in [5.41, 5.74) is 0. The molecule has 1 heterocycles. The Morgan fingerprint density at radius 2 is 2.06 bits per heavy atom. The summed E-state index contributed by atoms with van der Waals surface area (Å²) >= 11 is 0. The van der Waals surface area contributed by atoms with Gasteiger partial charge in [-0.05, 0) is 13.8 Å². The summed E-state index contributed by atoms with van der Waals surface area (Å²) in [6.07, 6.45) is 0.918. The molecule has 0 aromatic heterocycles. The Kier molecular flexibility index (Phi) is 6.47. The van der Waals surface area contributed by atoms with Crippen LogP contribution in [0.4, 0.5) is 0 Å². The molecule has 0 aliphatic carbocycles. The first kappa shape index (κ1) is 14.4. The normalized spacial score (nSPS) is 20.6. The molecule has 0 saturated carbocycles. The molecule has 1 aliphatic rings. The van der Waals surface area contributed by atoms with E-state index in [2.05, 4.69) is 0 Å². The van der Waals surface area contributed by atoms with Crippen LogP contribution in [-0.2, 0) is 14.3 Å². The lowest BCUT2D eigenvalue weighted by Gasteiger charge is -2.21. The Morgan fingerprint density at radius 3 is 2.53 bits per heavy atom. The third-order valence-electron chi connectivity index (χ3n) is 2.89. The number of nitrogens with zero attached hydrogens (tertiary/aromatic N) is 1. The van der Waals surface area contributed by atoms with Crippen molar-refractivity contribution >= 4 is 5.91 Å². The Morgan fingerprint density at radius 1 is 1.41 bits per heavy atom. The van der Waals surface area contributed by atoms with Gasteiger partial charge in [-0.2, -0.15) is 0 Å². The van der Waals surface area contributed by atoms with Gasteiger partial charge < -0.3 is 19.5 Å². The number of carbonyl (C=O) groups is 1. The molecule has 0 radical (unpaired) electrons. The highest BCUT2D eigenvalue weighted by atomic mass is 16.7. The second kappa shape index (κ2) is 7.63. The van der Waals surface area contributed by atoms with Crippen LogP contribution in [0.2, 0.25) is 0 Å². The Bertz CT molecular complexity index is 229. The molecule has 17 heavy (non-hydrogen) atoms. The molecule has 1 saturated heterocycles. The molecule has 1 rings (SSSR count). The van der Waals surface area contributed by atoms with Gasteiger partial charge in [0.2, 0.25) is 5.91 Å². The number of ether oxygens (including phenoxy) is 2. The lowest BCUT2D eigenvalue weighted by Crippen LogP contribution is -2.30. The predicted octanol–water partition coefficient (Wildman–Crippen LogP) is 0.616. The SMILES string of the molecule is CCOC(CCN1CC(CO)CC1=O)OCC. The molecule has 5 heteroatoms. The van der Waals surface area contributed by atoms with Gasteiger partial charge in [0.05, 0.1) is 0 Å². The Balaban J connectivity index is 2.30. The zero-order valence-corrected chi connectivity index (χ0v) is 10.7. The Labute approximate surface area is 103 Å². The first-order valence-electron chi connectivity index (χ1n) is 6.33. The zero-order chi connectivity index (χ0) is 12.7. The molecular weight excluding hydrogens is 222 g/mol. The molecule has 100 valence electrons. The van der Waals surface area contributed by atoms with Gasteiger partial charge in [-0.25, -0.2) is 0 Å². The summed E-state index contributed by atoms with van der Waals surface area (Å²) in [6, 6.07) is 0. The van der Waals surface area contributed by atoms with Crippen molar-refractivity contribution in [2.24, 2.45) is 5.92 Å². The molecule has 1 fully saturated rings. The lowest BCUT2D eigenvalue weighted by molar-refractivity contribution is -0.144. The van der Waals surface area contributed by atoms with E-state index in [1.165, 1.54) is 0 Å². The van der Waals surface area contributed by atoms with Crippen LogP contribution in [0.15, 0.2) is 0 Å². The quantitative estimate of drug-likeness (QED) is 0.637. The minimum absolute atomic E-state index is 0.0859. The van der Waals surface area contributed by atoms with Gasteiger partial charge in [-0.15, -0.1) is 0 Å². The van der Waals surface area contributed by atoms with E-state index in [1.54, 1.807) is 4.90 Å². The second-order valence-electron chi connectivity index (χ2n) is 4.22. The van der Waals surface area contributed by atoms with E-state index in [1.807, 2.05) is 13.8 Å². The average Bonchev–Trinajstić information content (AvgIpc) is 2.68. The minimum atomic E-state index is -0.231. The van der Waals surface area contributed by atoms with Gasteiger partial charge in [-0.1, -0.05) is 0 Å². The van der Waals surface area contributed by atoms with Crippen LogP contribution in [0.1, 0.15) is 26.7 Å². The van der Waals surface area contributed by atoms with Crippen LogP contribution in [0, 0.1) is 5.92 Å². The van der Waals surface area contributed by atoms with Crippen LogP contribution < -0.4 is 0 Å². The maximum absolute atomic E-state index is 11.6. The van der Waals surface area contributed by atoms with Crippen LogP contribution >= 0.6 is 0 Å². The number of aliphatic hydroxyl groups is 1. The molecule has 0 bridgehead atoms. The van der Waals surface area contributed by atoms with Gasteiger partial charge in [0.25, 0.3) is 0 Å². The van der Waals surface area contributed by atoms with Gasteiger partial charge in [0.1, 0.15) is 0 Å². The zero-order valence-electron chi connectivity index (χ0n) is 10.7. The fraction of sp³-hybridized carbons (Fsp3) is 0.917. The molecule has 1 amide bonds. The van der Waals surface area contributed by atoms with Crippen molar-refractivity contribution in [2.45, 2.75) is 33.0 Å². The highest BCUT2D eigenvalue weighted by Gasteiger charge is 2.29. The number of carbonyl (C=O) groups excluding carboxylic acids is 1. The number of likely N-dealkylation sites (tertiary alicyclic amines) is 1. The molecule has 5 nitrogen and oxygen atoms in total. The van der Waals surface area contributed by atoms with E-state index in [-0.39, 0.29) is 24.7 Å². The summed E-state index contributed by atoms with van der Waals surface area (Å²) < 4.78 is 10.8. The largest absolute Gasteiger partial charge is 0.396 e. The summed E-state index contributed by atoms with van der Waals surface area (Å²) in [7, 11) is 0. The first-order valence-corrected chi connectivity index (χ1v) is 6.33. The van der Waals surface area contributed by atoms with Crippen LogP contribution in [0.5, 0.6) is 0 Å². The first-order chi connectivity index (χ1) is 8.21. The van der Waals surface area contributed by atoms with Crippen molar-refractivity contribution in [3.05, 3.63) is 0 Å². The third-order valence-corrected chi connectivity index (χ3v) is 2.89. The summed E-state index contributed by atoms with van der Waals surface area (Å²) in [5, 5.41) is 9.02. The fourth-order valence-electron chi connectivity index (χ4n) is 2.04. The van der Waals surface area contributed by atoms with Crippen molar-refractivity contribution in [1.82, 2.24) is 4.90 Å². The van der Waals surface area contributed by atoms with Crippen LogP contribution in [0.3, 0.4) is 0 Å². The standard InChI is InChI=1S/C12H23NO4/c1-3-16-12(17-4-2)5-6-13-8-10(9-14)7-11(13)15/h10,12,14H,3-9H2,1-2H3. The van der Waals surface area contributed by atoms with E-state index in [0.29, 0.717) is 39.1 Å². The fourth-order valence-corrected chi connectivity index (χ4v) is 2.04. The van der Waals surface area contributed by atoms with Gasteiger partial charge in [-0.3, -0.25) is 4.79 Å². The van der Waals surface area contributed by atoms with E-state index in [4.69, 9.17) is 14.6 Å². The van der Waals surface area contributed by atoms with E-state index < -0.39 is 0 Å². The molecule has 0 aromatic carbocycles. The van der Waals surface area contributed by atoms with Crippen molar-refractivity contribution in [3.8, 4) is 0 Å². The monoisotopic (exact) mass is 245 g/mol.